The normalized spacial score (nSPS) is 33.1. The molecule has 2 aromatic heterocycles. The number of phosphoric acid groups is 1. The van der Waals surface area contributed by atoms with Crippen molar-refractivity contribution >= 4 is 24.8 Å². The van der Waals surface area contributed by atoms with Gasteiger partial charge in [0.15, 0.2) is 29.3 Å². The first-order valence-corrected chi connectivity index (χ1v) is 8.05. The van der Waals surface area contributed by atoms with Crippen LogP contribution in [0.3, 0.4) is 0 Å². The number of phosphoric ester groups is 1. The number of hydrogen-bond donors (Lipinski definition) is 5. The molecule has 0 aromatic carbocycles. The number of ether oxygens (including phenoxy) is 1. The zero-order valence-electron chi connectivity index (χ0n) is 11.3. The van der Waals surface area contributed by atoms with Crippen molar-refractivity contribution in [1.82, 2.24) is 19.5 Å². The van der Waals surface area contributed by atoms with Crippen LogP contribution in [0.1, 0.15) is 18.2 Å². The van der Waals surface area contributed by atoms with E-state index in [2.05, 4.69) is 15.0 Å². The summed E-state index contributed by atoms with van der Waals surface area (Å²) in [4.78, 5) is 30.2. The standard InChI is InChI=1S/C10H12N5O7P/c11-7-2-8(13-1-12-7)15-9(14-2)6(22-23(18,19)20)5-3(16)4(17)10(15)21-5/h1,3-6,10,16-17H,(H2,11,12,13)(H2,18,19,20)/t3-,4+,5?,6+,10?/m0/s1. The Morgan fingerprint density at radius 3 is 2.74 bits per heavy atom. The van der Waals surface area contributed by atoms with E-state index in [1.165, 1.54) is 10.9 Å². The average Bonchev–Trinajstić information content (AvgIpc) is 2.96. The number of fused-ring (bicyclic) bond motifs is 6. The van der Waals surface area contributed by atoms with Crippen molar-refractivity contribution in [3.05, 3.63) is 12.2 Å². The van der Waals surface area contributed by atoms with E-state index in [9.17, 15) is 14.8 Å². The van der Waals surface area contributed by atoms with E-state index >= 15 is 0 Å². The fraction of sp³-hybridized carbons (Fsp3) is 0.500. The van der Waals surface area contributed by atoms with Gasteiger partial charge in [-0.2, -0.15) is 0 Å². The Hall–Kier alpha value is -1.66. The summed E-state index contributed by atoms with van der Waals surface area (Å²) in [6.07, 6.45) is -5.21. The molecule has 2 bridgehead atoms. The lowest BCUT2D eigenvalue weighted by atomic mass is 10.1. The topological polar surface area (TPSA) is 186 Å². The summed E-state index contributed by atoms with van der Waals surface area (Å²) in [5, 5.41) is 20.2. The lowest BCUT2D eigenvalue weighted by molar-refractivity contribution is -0.111. The second-order valence-corrected chi connectivity index (χ2v) is 6.45. The Morgan fingerprint density at radius 1 is 1.30 bits per heavy atom. The molecule has 1 saturated heterocycles. The number of aromatic nitrogens is 4. The molecule has 2 aromatic rings. The van der Waals surface area contributed by atoms with E-state index < -0.39 is 38.5 Å². The van der Waals surface area contributed by atoms with E-state index in [0.717, 1.165) is 0 Å². The predicted octanol–water partition coefficient (Wildman–Crippen LogP) is -1.81. The molecule has 2 aliphatic rings. The van der Waals surface area contributed by atoms with Crippen LogP contribution in [0.25, 0.3) is 11.2 Å². The van der Waals surface area contributed by atoms with Crippen LogP contribution in [0.15, 0.2) is 6.33 Å². The molecule has 1 fully saturated rings. The average molecular weight is 345 g/mol. The third-order valence-corrected chi connectivity index (χ3v) is 4.37. The molecule has 12 nitrogen and oxygen atoms in total. The molecule has 6 N–H and O–H groups in total. The van der Waals surface area contributed by atoms with Gasteiger partial charge in [0.05, 0.1) is 0 Å². The first-order valence-electron chi connectivity index (χ1n) is 6.52. The number of nitrogen functional groups attached to an aromatic ring is 1. The van der Waals surface area contributed by atoms with Gasteiger partial charge in [-0.1, -0.05) is 0 Å². The number of nitrogens with two attached hydrogens (primary N) is 1. The van der Waals surface area contributed by atoms with E-state index in [-0.39, 0.29) is 22.8 Å². The number of nitrogens with zero attached hydrogens (tertiary/aromatic N) is 4. The Morgan fingerprint density at radius 2 is 2.04 bits per heavy atom. The molecule has 5 atom stereocenters. The molecule has 2 unspecified atom stereocenters. The van der Waals surface area contributed by atoms with Crippen molar-refractivity contribution in [3.8, 4) is 0 Å². The minimum atomic E-state index is -4.92. The molecule has 0 saturated carbocycles. The highest BCUT2D eigenvalue weighted by atomic mass is 31.2. The van der Waals surface area contributed by atoms with E-state index in [1.807, 2.05) is 0 Å². The van der Waals surface area contributed by atoms with Gasteiger partial charge >= 0.3 is 7.82 Å². The third kappa shape index (κ3) is 2.08. The molecule has 0 spiro atoms. The summed E-state index contributed by atoms with van der Waals surface area (Å²) in [6.45, 7) is 0. The lowest BCUT2D eigenvalue weighted by Crippen LogP contribution is -2.35. The maximum Gasteiger partial charge on any atom is 0.470 e. The number of aliphatic hydroxyl groups is 2. The van der Waals surface area contributed by atoms with Crippen molar-refractivity contribution in [2.75, 3.05) is 5.73 Å². The molecule has 4 heterocycles. The van der Waals surface area contributed by atoms with Gasteiger partial charge in [-0.3, -0.25) is 9.09 Å². The molecule has 13 heteroatoms. The van der Waals surface area contributed by atoms with Crippen LogP contribution < -0.4 is 5.73 Å². The third-order valence-electron chi connectivity index (χ3n) is 3.87. The largest absolute Gasteiger partial charge is 0.470 e. The first kappa shape index (κ1) is 14.9. The zero-order chi connectivity index (χ0) is 16.5. The monoisotopic (exact) mass is 345 g/mol. The van der Waals surface area contributed by atoms with Gasteiger partial charge < -0.3 is 30.5 Å². The highest BCUT2D eigenvalue weighted by Gasteiger charge is 2.56. The van der Waals surface area contributed by atoms with Crippen LogP contribution in [-0.4, -0.2) is 57.8 Å². The highest BCUT2D eigenvalue weighted by molar-refractivity contribution is 7.46. The summed E-state index contributed by atoms with van der Waals surface area (Å²) in [7, 11) is -4.92. The molecule has 4 rings (SSSR count). The predicted molar refractivity (Wildman–Crippen MR) is 71.5 cm³/mol. The molecular weight excluding hydrogens is 333 g/mol. The van der Waals surface area contributed by atoms with Gasteiger partial charge in [-0.25, -0.2) is 19.5 Å². The summed E-state index contributed by atoms with van der Waals surface area (Å²) in [5.74, 6) is 0.0881. The van der Waals surface area contributed by atoms with Crippen molar-refractivity contribution in [2.24, 2.45) is 0 Å². The Bertz CT molecular complexity index is 836. The van der Waals surface area contributed by atoms with E-state index in [1.54, 1.807) is 0 Å². The zero-order valence-corrected chi connectivity index (χ0v) is 12.2. The Labute approximate surface area is 127 Å². The number of hydrogen-bond acceptors (Lipinski definition) is 9. The molecule has 2 aliphatic heterocycles. The number of rotatable bonds is 2. The highest BCUT2D eigenvalue weighted by Crippen LogP contribution is 2.51. The van der Waals surface area contributed by atoms with Crippen LogP contribution in [-0.2, 0) is 13.8 Å². The summed E-state index contributed by atoms with van der Waals surface area (Å²) >= 11 is 0. The number of anilines is 1. The minimum absolute atomic E-state index is 0.0346. The second kappa shape index (κ2) is 4.68. The molecule has 23 heavy (non-hydrogen) atoms. The summed E-state index contributed by atoms with van der Waals surface area (Å²) in [5.41, 5.74) is 6.10. The minimum Gasteiger partial charge on any atom is -0.387 e. The van der Waals surface area contributed by atoms with Crippen molar-refractivity contribution in [2.45, 2.75) is 30.6 Å². The van der Waals surface area contributed by atoms with Crippen LogP contribution in [0.2, 0.25) is 0 Å². The fourth-order valence-corrected chi connectivity index (χ4v) is 3.46. The number of imidazole rings is 1. The van der Waals surface area contributed by atoms with Crippen LogP contribution >= 0.6 is 7.82 Å². The van der Waals surface area contributed by atoms with Crippen LogP contribution in [0, 0.1) is 0 Å². The molecule has 0 amide bonds. The Balaban J connectivity index is 1.96. The Kier molecular flexibility index (Phi) is 3.03. The van der Waals surface area contributed by atoms with Gasteiger partial charge in [0, 0.05) is 0 Å². The van der Waals surface area contributed by atoms with Crippen LogP contribution in [0.5, 0.6) is 0 Å². The smallest absolute Gasteiger partial charge is 0.387 e. The van der Waals surface area contributed by atoms with E-state index in [4.69, 9.17) is 24.8 Å². The summed E-state index contributed by atoms with van der Waals surface area (Å²) < 4.78 is 22.7. The van der Waals surface area contributed by atoms with Gasteiger partial charge in [-0.15, -0.1) is 0 Å². The molecule has 0 aliphatic carbocycles. The SMILES string of the molecule is Nc1ncnc2c1nc1n2C2OC([C@@H](O)[C@H]2O)[C@H]1OP(=O)(O)O. The van der Waals surface area contributed by atoms with Crippen molar-refractivity contribution in [3.63, 3.8) is 0 Å². The van der Waals surface area contributed by atoms with Gasteiger partial charge in [0.1, 0.15) is 30.5 Å². The molecule has 0 radical (unpaired) electrons. The van der Waals surface area contributed by atoms with Gasteiger partial charge in [0.25, 0.3) is 0 Å². The maximum atomic E-state index is 11.2. The molecule has 124 valence electrons. The maximum absolute atomic E-state index is 11.2. The van der Waals surface area contributed by atoms with E-state index in [0.29, 0.717) is 0 Å². The fourth-order valence-electron chi connectivity index (χ4n) is 2.95. The van der Waals surface area contributed by atoms with Gasteiger partial charge in [-0.05, 0) is 0 Å². The van der Waals surface area contributed by atoms with Gasteiger partial charge in [0.2, 0.25) is 0 Å². The van der Waals surface area contributed by atoms with Crippen molar-refractivity contribution < 1.29 is 33.8 Å². The van der Waals surface area contributed by atoms with Crippen molar-refractivity contribution in [1.29, 1.82) is 0 Å². The lowest BCUT2D eigenvalue weighted by Gasteiger charge is -2.30. The first-order chi connectivity index (χ1) is 10.8. The second-order valence-electron chi connectivity index (χ2n) is 5.26. The molecular formula is C10H12N5O7P. The van der Waals surface area contributed by atoms with Crippen LogP contribution in [0.4, 0.5) is 5.82 Å². The summed E-state index contributed by atoms with van der Waals surface area (Å²) in [6, 6.07) is 0. The quantitative estimate of drug-likeness (QED) is 0.386. The number of aliphatic hydroxyl groups excluding tert-OH is 2.